The third-order valence-corrected chi connectivity index (χ3v) is 3.27. The molecule has 0 radical (unpaired) electrons. The quantitative estimate of drug-likeness (QED) is 0.408. The maximum atomic E-state index is 11.8. The Morgan fingerprint density at radius 1 is 1.04 bits per heavy atom. The Labute approximate surface area is 131 Å². The molecule has 1 heterocycles. The summed E-state index contributed by atoms with van der Waals surface area (Å²) >= 11 is 0. The average Bonchev–Trinajstić information content (AvgIpc) is 2.58. The van der Waals surface area contributed by atoms with Crippen LogP contribution in [0, 0.1) is 0 Å². The summed E-state index contributed by atoms with van der Waals surface area (Å²) in [6.07, 6.45) is -7.75. The van der Waals surface area contributed by atoms with Gasteiger partial charge in [-0.3, -0.25) is 0 Å². The van der Waals surface area contributed by atoms with Crippen molar-refractivity contribution in [2.24, 2.45) is 0 Å². The van der Waals surface area contributed by atoms with Crippen LogP contribution in [0.1, 0.15) is 0 Å². The lowest BCUT2D eigenvalue weighted by molar-refractivity contribution is -0.161. The van der Waals surface area contributed by atoms with E-state index in [0.717, 1.165) is 5.39 Å². The topological polar surface area (TPSA) is 140 Å². The van der Waals surface area contributed by atoms with E-state index in [1.54, 1.807) is 18.2 Å². The van der Waals surface area contributed by atoms with Gasteiger partial charge < -0.3 is 30.3 Å². The number of hydrogen-bond donors (Lipinski definition) is 5. The predicted molar refractivity (Wildman–Crippen MR) is 78.5 cm³/mol. The molecule has 4 unspecified atom stereocenters. The second-order valence-electron chi connectivity index (χ2n) is 4.94. The van der Waals surface area contributed by atoms with Gasteiger partial charge >= 0.3 is 5.97 Å². The third-order valence-electron chi connectivity index (χ3n) is 3.27. The highest BCUT2D eigenvalue weighted by molar-refractivity contribution is 5.81. The lowest BCUT2D eigenvalue weighted by atomic mass is 10.0. The number of fused-ring (bicyclic) bond motifs is 1. The number of aromatic nitrogens is 1. The summed E-state index contributed by atoms with van der Waals surface area (Å²) < 4.78 is 4.85. The van der Waals surface area contributed by atoms with Gasteiger partial charge in [0, 0.05) is 11.5 Å². The van der Waals surface area contributed by atoms with Crippen LogP contribution in [0.2, 0.25) is 0 Å². The van der Waals surface area contributed by atoms with Gasteiger partial charge in [0.05, 0.1) is 12.1 Å². The number of carbonyl (C=O) groups is 1. The maximum Gasteiger partial charge on any atom is 0.344 e. The zero-order valence-electron chi connectivity index (χ0n) is 12.0. The van der Waals surface area contributed by atoms with E-state index in [1.165, 1.54) is 6.07 Å². The van der Waals surface area contributed by atoms with E-state index in [-0.39, 0.29) is 5.88 Å². The molecule has 0 aliphatic rings. The van der Waals surface area contributed by atoms with E-state index in [4.69, 9.17) is 9.84 Å². The molecule has 8 nitrogen and oxygen atoms in total. The van der Waals surface area contributed by atoms with Crippen LogP contribution in [0.4, 0.5) is 0 Å². The average molecular weight is 323 g/mol. The fourth-order valence-corrected chi connectivity index (χ4v) is 1.93. The van der Waals surface area contributed by atoms with Gasteiger partial charge in [-0.15, -0.1) is 0 Å². The molecule has 4 atom stereocenters. The molecule has 124 valence electrons. The van der Waals surface area contributed by atoms with Crippen LogP contribution in [-0.4, -0.2) is 67.5 Å². The van der Waals surface area contributed by atoms with E-state index < -0.39 is 37.0 Å². The highest BCUT2D eigenvalue weighted by Gasteiger charge is 2.35. The molecule has 0 spiro atoms. The van der Waals surface area contributed by atoms with E-state index >= 15 is 0 Å². The minimum atomic E-state index is -2.11. The van der Waals surface area contributed by atoms with Crippen molar-refractivity contribution >= 4 is 16.9 Å². The number of aliphatic hydroxyl groups is 5. The third kappa shape index (κ3) is 4.01. The van der Waals surface area contributed by atoms with Crippen molar-refractivity contribution in [2.45, 2.75) is 24.4 Å². The molecule has 2 rings (SSSR count). The number of esters is 1. The van der Waals surface area contributed by atoms with Crippen molar-refractivity contribution in [3.05, 3.63) is 36.4 Å². The van der Waals surface area contributed by atoms with E-state index in [9.17, 15) is 25.2 Å². The molecular weight excluding hydrogens is 306 g/mol. The summed E-state index contributed by atoms with van der Waals surface area (Å²) in [6, 6.07) is 10.2. The van der Waals surface area contributed by atoms with Crippen LogP contribution >= 0.6 is 0 Å². The normalized spacial score (nSPS) is 16.6. The smallest absolute Gasteiger partial charge is 0.344 e. The molecule has 23 heavy (non-hydrogen) atoms. The number of benzene rings is 1. The van der Waals surface area contributed by atoms with Gasteiger partial charge in [-0.2, -0.15) is 0 Å². The van der Waals surface area contributed by atoms with Crippen molar-refractivity contribution in [1.29, 1.82) is 0 Å². The number of pyridine rings is 1. The van der Waals surface area contributed by atoms with Crippen molar-refractivity contribution in [3.8, 4) is 5.88 Å². The lowest BCUT2D eigenvalue weighted by Gasteiger charge is -2.24. The minimum absolute atomic E-state index is 0.0860. The molecule has 0 amide bonds. The van der Waals surface area contributed by atoms with Crippen LogP contribution in [0.15, 0.2) is 36.4 Å². The minimum Gasteiger partial charge on any atom is -0.405 e. The van der Waals surface area contributed by atoms with E-state index in [0.29, 0.717) is 5.52 Å². The Hall–Kier alpha value is -2.10. The molecule has 2 aromatic rings. The number of rotatable bonds is 6. The molecule has 0 fully saturated rings. The zero-order chi connectivity index (χ0) is 17.0. The molecular formula is C15H17NO7. The van der Waals surface area contributed by atoms with Crippen molar-refractivity contribution in [2.75, 3.05) is 6.61 Å². The molecule has 1 aromatic heterocycles. The monoisotopic (exact) mass is 323 g/mol. The molecule has 1 aromatic carbocycles. The first-order valence-corrected chi connectivity index (χ1v) is 6.84. The molecule has 0 bridgehead atoms. The summed E-state index contributed by atoms with van der Waals surface area (Å²) in [6.45, 7) is -0.841. The van der Waals surface area contributed by atoms with Gasteiger partial charge in [-0.1, -0.05) is 18.2 Å². The van der Waals surface area contributed by atoms with Gasteiger partial charge in [-0.25, -0.2) is 9.78 Å². The Morgan fingerprint density at radius 2 is 1.74 bits per heavy atom. The van der Waals surface area contributed by atoms with Crippen molar-refractivity contribution in [3.63, 3.8) is 0 Å². The number of ether oxygens (including phenoxy) is 1. The SMILES string of the molecule is O=C(Oc1ccc2ccccc2n1)C(O)C(O)C(O)C(O)CO. The number of aliphatic hydroxyl groups excluding tert-OH is 5. The molecule has 0 saturated heterocycles. The second-order valence-corrected chi connectivity index (χ2v) is 4.94. The summed E-state index contributed by atoms with van der Waals surface area (Å²) in [5.41, 5.74) is 0.573. The fraction of sp³-hybridized carbons (Fsp3) is 0.333. The number of para-hydroxylation sites is 1. The van der Waals surface area contributed by atoms with E-state index in [1.807, 2.05) is 12.1 Å². The first kappa shape index (κ1) is 17.3. The van der Waals surface area contributed by atoms with Gasteiger partial charge in [0.25, 0.3) is 0 Å². The van der Waals surface area contributed by atoms with Crippen LogP contribution in [0.3, 0.4) is 0 Å². The first-order chi connectivity index (χ1) is 10.9. The Morgan fingerprint density at radius 3 is 2.43 bits per heavy atom. The number of hydrogen-bond acceptors (Lipinski definition) is 8. The van der Waals surface area contributed by atoms with E-state index in [2.05, 4.69) is 4.98 Å². The fourth-order valence-electron chi connectivity index (χ4n) is 1.93. The lowest BCUT2D eigenvalue weighted by Crippen LogP contribution is -2.49. The predicted octanol–water partition coefficient (Wildman–Crippen LogP) is -1.42. The highest BCUT2D eigenvalue weighted by atomic mass is 16.6. The number of nitrogens with zero attached hydrogens (tertiary/aromatic N) is 1. The molecule has 0 aliphatic heterocycles. The zero-order valence-corrected chi connectivity index (χ0v) is 12.0. The molecule has 0 aliphatic carbocycles. The Balaban J connectivity index is 2.07. The van der Waals surface area contributed by atoms with Crippen LogP contribution in [-0.2, 0) is 4.79 Å². The highest BCUT2D eigenvalue weighted by Crippen LogP contribution is 2.17. The molecule has 0 saturated carbocycles. The van der Waals surface area contributed by atoms with Crippen LogP contribution in [0.5, 0.6) is 5.88 Å². The summed E-state index contributed by atoms with van der Waals surface area (Å²) in [4.78, 5) is 15.8. The second kappa shape index (κ2) is 7.44. The van der Waals surface area contributed by atoms with Gasteiger partial charge in [0.15, 0.2) is 6.10 Å². The van der Waals surface area contributed by atoms with Crippen LogP contribution in [0.25, 0.3) is 10.9 Å². The van der Waals surface area contributed by atoms with Gasteiger partial charge in [-0.05, 0) is 12.1 Å². The summed E-state index contributed by atoms with van der Waals surface area (Å²) in [5.74, 6) is -1.33. The molecule has 5 N–H and O–H groups in total. The largest absolute Gasteiger partial charge is 0.405 e. The summed E-state index contributed by atoms with van der Waals surface area (Å²) in [5, 5.41) is 47.5. The van der Waals surface area contributed by atoms with Crippen molar-refractivity contribution in [1.82, 2.24) is 4.98 Å². The van der Waals surface area contributed by atoms with Crippen molar-refractivity contribution < 1.29 is 35.1 Å². The maximum absolute atomic E-state index is 11.8. The first-order valence-electron chi connectivity index (χ1n) is 6.84. The molecule has 8 heteroatoms. The summed E-state index contributed by atoms with van der Waals surface area (Å²) in [7, 11) is 0. The van der Waals surface area contributed by atoms with Crippen LogP contribution < -0.4 is 4.74 Å². The Bertz CT molecular complexity index is 678. The standard InChI is InChI=1S/C15H17NO7/c17-7-10(18)12(19)13(20)14(21)15(22)23-11-6-5-8-3-1-2-4-9(8)16-11/h1-6,10,12-14,17-21H,7H2. The number of carbonyl (C=O) groups excluding carboxylic acids is 1. The Kier molecular flexibility index (Phi) is 5.59. The van der Waals surface area contributed by atoms with Gasteiger partial charge in [0.2, 0.25) is 5.88 Å². The van der Waals surface area contributed by atoms with Gasteiger partial charge in [0.1, 0.15) is 18.3 Å².